The van der Waals surface area contributed by atoms with Gasteiger partial charge in [0.05, 0.1) is 0 Å². The first-order valence-corrected chi connectivity index (χ1v) is 8.77. The summed E-state index contributed by atoms with van der Waals surface area (Å²) in [4.78, 5) is 16.4. The van der Waals surface area contributed by atoms with Crippen LogP contribution in [0, 0.1) is 0 Å². The van der Waals surface area contributed by atoms with Gasteiger partial charge < -0.3 is 4.90 Å². The summed E-state index contributed by atoms with van der Waals surface area (Å²) in [5.74, 6) is -2.10. The standard InChI is InChI=1S/C14H19F3N2O3S/c1-3-8-19(10-14(15,16)17)13(20)9-23(21,22)12-7-5-6-11(4-2)18-12/h5-7H,3-4,8-10H2,1-2H3. The second-order valence-corrected chi connectivity index (χ2v) is 6.95. The highest BCUT2D eigenvalue weighted by Gasteiger charge is 2.34. The van der Waals surface area contributed by atoms with Crippen molar-refractivity contribution in [2.45, 2.75) is 37.9 Å². The van der Waals surface area contributed by atoms with Crippen LogP contribution in [0.4, 0.5) is 13.2 Å². The van der Waals surface area contributed by atoms with Crippen molar-refractivity contribution in [3.8, 4) is 0 Å². The van der Waals surface area contributed by atoms with Crippen LogP contribution in [0.15, 0.2) is 23.2 Å². The predicted octanol–water partition coefficient (Wildman–Crippen LogP) is 2.22. The number of rotatable bonds is 7. The SMILES string of the molecule is CCCN(CC(F)(F)F)C(=O)CS(=O)(=O)c1cccc(CC)n1. The van der Waals surface area contributed by atoms with E-state index in [9.17, 15) is 26.4 Å². The van der Waals surface area contributed by atoms with E-state index in [1.165, 1.54) is 12.1 Å². The van der Waals surface area contributed by atoms with E-state index in [4.69, 9.17) is 0 Å². The lowest BCUT2D eigenvalue weighted by molar-refractivity contribution is -0.159. The number of aryl methyl sites for hydroxylation is 1. The van der Waals surface area contributed by atoms with Gasteiger partial charge in [-0.15, -0.1) is 0 Å². The van der Waals surface area contributed by atoms with Gasteiger partial charge in [0.15, 0.2) is 5.03 Å². The van der Waals surface area contributed by atoms with E-state index < -0.39 is 34.2 Å². The number of hydrogen-bond donors (Lipinski definition) is 0. The van der Waals surface area contributed by atoms with Crippen LogP contribution >= 0.6 is 0 Å². The quantitative estimate of drug-likeness (QED) is 0.755. The third-order valence-electron chi connectivity index (χ3n) is 2.99. The van der Waals surface area contributed by atoms with Crippen molar-refractivity contribution in [3.05, 3.63) is 23.9 Å². The first-order chi connectivity index (χ1) is 10.6. The largest absolute Gasteiger partial charge is 0.406 e. The van der Waals surface area contributed by atoms with Crippen molar-refractivity contribution in [2.75, 3.05) is 18.8 Å². The second-order valence-electron chi connectivity index (χ2n) is 5.01. The highest BCUT2D eigenvalue weighted by atomic mass is 32.2. The van der Waals surface area contributed by atoms with Crippen molar-refractivity contribution < 1.29 is 26.4 Å². The molecule has 0 aliphatic rings. The highest BCUT2D eigenvalue weighted by Crippen LogP contribution is 2.18. The summed E-state index contributed by atoms with van der Waals surface area (Å²) in [7, 11) is -4.08. The van der Waals surface area contributed by atoms with E-state index in [-0.39, 0.29) is 11.6 Å². The maximum atomic E-state index is 12.5. The van der Waals surface area contributed by atoms with Crippen LogP contribution in [0.2, 0.25) is 0 Å². The molecule has 23 heavy (non-hydrogen) atoms. The van der Waals surface area contributed by atoms with Crippen LogP contribution in [0.1, 0.15) is 26.0 Å². The molecule has 1 heterocycles. The molecule has 130 valence electrons. The van der Waals surface area contributed by atoms with Crippen molar-refractivity contribution >= 4 is 15.7 Å². The molecule has 0 spiro atoms. The number of halogens is 3. The summed E-state index contributed by atoms with van der Waals surface area (Å²) in [5.41, 5.74) is 0.527. The third-order valence-corrected chi connectivity index (χ3v) is 4.48. The number of hydrogen-bond acceptors (Lipinski definition) is 4. The maximum absolute atomic E-state index is 12.5. The Hall–Kier alpha value is -1.64. The van der Waals surface area contributed by atoms with Crippen molar-refractivity contribution in [3.63, 3.8) is 0 Å². The van der Waals surface area contributed by atoms with Gasteiger partial charge in [0.2, 0.25) is 15.7 Å². The van der Waals surface area contributed by atoms with Gasteiger partial charge in [-0.25, -0.2) is 13.4 Å². The van der Waals surface area contributed by atoms with Gasteiger partial charge in [0.25, 0.3) is 0 Å². The average molecular weight is 352 g/mol. The highest BCUT2D eigenvalue weighted by molar-refractivity contribution is 7.92. The molecule has 1 amide bonds. The maximum Gasteiger partial charge on any atom is 0.406 e. The van der Waals surface area contributed by atoms with E-state index in [0.717, 1.165) is 0 Å². The van der Waals surface area contributed by atoms with Gasteiger partial charge in [0.1, 0.15) is 12.3 Å². The molecule has 0 atom stereocenters. The number of carbonyl (C=O) groups excluding carboxylic acids is 1. The second kappa shape index (κ2) is 7.76. The summed E-state index contributed by atoms with van der Waals surface area (Å²) in [5, 5.41) is -0.298. The zero-order chi connectivity index (χ0) is 17.7. The topological polar surface area (TPSA) is 67.3 Å². The summed E-state index contributed by atoms with van der Waals surface area (Å²) in [6.45, 7) is 1.78. The minimum atomic E-state index is -4.57. The van der Waals surface area contributed by atoms with Gasteiger partial charge in [-0.3, -0.25) is 4.79 Å². The summed E-state index contributed by atoms with van der Waals surface area (Å²) >= 11 is 0. The molecule has 0 N–H and O–H groups in total. The molecule has 0 bridgehead atoms. The molecule has 1 aromatic rings. The van der Waals surface area contributed by atoms with Crippen LogP contribution in [0.5, 0.6) is 0 Å². The van der Waals surface area contributed by atoms with E-state index in [1.807, 2.05) is 0 Å². The monoisotopic (exact) mass is 352 g/mol. The Balaban J connectivity index is 2.95. The van der Waals surface area contributed by atoms with Gasteiger partial charge in [0, 0.05) is 12.2 Å². The summed E-state index contributed by atoms with van der Waals surface area (Å²) < 4.78 is 61.9. The van der Waals surface area contributed by atoms with Crippen LogP contribution < -0.4 is 0 Å². The lowest BCUT2D eigenvalue weighted by atomic mass is 10.3. The molecular weight excluding hydrogens is 333 g/mol. The zero-order valence-corrected chi connectivity index (χ0v) is 13.7. The van der Waals surface area contributed by atoms with Gasteiger partial charge >= 0.3 is 6.18 Å². The first kappa shape index (κ1) is 19.4. The molecule has 1 aromatic heterocycles. The Morgan fingerprint density at radius 1 is 1.26 bits per heavy atom. The number of sulfone groups is 1. The minimum Gasteiger partial charge on any atom is -0.333 e. The Bertz CT molecular complexity index is 645. The zero-order valence-electron chi connectivity index (χ0n) is 12.9. The smallest absolute Gasteiger partial charge is 0.333 e. The van der Waals surface area contributed by atoms with Crippen LogP contribution in [-0.2, 0) is 21.1 Å². The first-order valence-electron chi connectivity index (χ1n) is 7.12. The van der Waals surface area contributed by atoms with Crippen molar-refractivity contribution in [1.82, 2.24) is 9.88 Å². The molecule has 0 radical (unpaired) electrons. The van der Waals surface area contributed by atoms with Crippen LogP contribution in [0.25, 0.3) is 0 Å². The van der Waals surface area contributed by atoms with E-state index in [2.05, 4.69) is 4.98 Å². The molecule has 0 aliphatic heterocycles. The Labute approximate surface area is 133 Å². The van der Waals surface area contributed by atoms with Gasteiger partial charge in [-0.1, -0.05) is 19.9 Å². The van der Waals surface area contributed by atoms with Crippen LogP contribution in [-0.4, -0.2) is 49.2 Å². The number of aromatic nitrogens is 1. The average Bonchev–Trinajstić information content (AvgIpc) is 2.45. The number of amides is 1. The van der Waals surface area contributed by atoms with Crippen LogP contribution in [0.3, 0.4) is 0 Å². The Morgan fingerprint density at radius 2 is 1.91 bits per heavy atom. The molecule has 0 aromatic carbocycles. The molecular formula is C14H19F3N2O3S. The van der Waals surface area contributed by atoms with E-state index in [0.29, 0.717) is 23.4 Å². The molecule has 0 saturated heterocycles. The normalized spacial score (nSPS) is 12.2. The Morgan fingerprint density at radius 3 is 2.43 bits per heavy atom. The molecule has 5 nitrogen and oxygen atoms in total. The minimum absolute atomic E-state index is 0.156. The lowest BCUT2D eigenvalue weighted by Crippen LogP contribution is -2.42. The summed E-state index contributed by atoms with van der Waals surface area (Å²) in [6, 6.07) is 4.35. The fraction of sp³-hybridized carbons (Fsp3) is 0.571. The number of carbonyl (C=O) groups is 1. The van der Waals surface area contributed by atoms with Crippen molar-refractivity contribution in [1.29, 1.82) is 0 Å². The predicted molar refractivity (Wildman–Crippen MR) is 78.6 cm³/mol. The van der Waals surface area contributed by atoms with Gasteiger partial charge in [-0.05, 0) is 25.0 Å². The van der Waals surface area contributed by atoms with Gasteiger partial charge in [-0.2, -0.15) is 13.2 Å². The number of pyridine rings is 1. The molecule has 0 unspecified atom stereocenters. The Kier molecular flexibility index (Phi) is 6.55. The third kappa shape index (κ3) is 6.17. The lowest BCUT2D eigenvalue weighted by Gasteiger charge is -2.23. The van der Waals surface area contributed by atoms with Crippen molar-refractivity contribution in [2.24, 2.45) is 0 Å². The summed E-state index contributed by atoms with van der Waals surface area (Å²) in [6.07, 6.45) is -3.77. The van der Waals surface area contributed by atoms with E-state index in [1.54, 1.807) is 19.9 Å². The molecule has 0 saturated carbocycles. The fourth-order valence-electron chi connectivity index (χ4n) is 1.93. The number of alkyl halides is 3. The number of nitrogens with zero attached hydrogens (tertiary/aromatic N) is 2. The fourth-order valence-corrected chi connectivity index (χ4v) is 3.13. The molecule has 0 aliphatic carbocycles. The molecule has 1 rings (SSSR count). The van der Waals surface area contributed by atoms with E-state index >= 15 is 0 Å². The molecule has 9 heteroatoms. The molecule has 0 fully saturated rings.